The lowest BCUT2D eigenvalue weighted by Gasteiger charge is -2.39. The molecule has 40 heavy (non-hydrogen) atoms. The Kier molecular flexibility index (Phi) is 10.3. The maximum absolute atomic E-state index is 13.6. The standard InChI is InChI=1S/C26H32BN5O8/c1-16(2)11-20(27-39-22(35)14-26(40-27,13-21(33)34)25(38)28-3)32-23(36)18(12-17-7-5-4-6-8-17)31-24(37)19-15-29-9-10-30-19/h4-10,15-16,18,20H,11-14H2,1-3H3,(H,28,38)(H,31,37)(H,32,36)(H,33,34)/t18?,20?,26-/m0/s1. The van der Waals surface area contributed by atoms with E-state index in [0.29, 0.717) is 0 Å². The van der Waals surface area contributed by atoms with Crippen LogP contribution in [-0.4, -0.2) is 76.5 Å². The van der Waals surface area contributed by atoms with Gasteiger partial charge in [0.2, 0.25) is 5.91 Å². The second kappa shape index (κ2) is 13.6. The molecule has 0 saturated carbocycles. The molecule has 2 heterocycles. The van der Waals surface area contributed by atoms with Crippen LogP contribution in [0, 0.1) is 5.92 Å². The zero-order valence-corrected chi connectivity index (χ0v) is 22.5. The van der Waals surface area contributed by atoms with Gasteiger partial charge < -0.3 is 30.4 Å². The summed E-state index contributed by atoms with van der Waals surface area (Å²) in [6.07, 6.45) is 3.01. The lowest BCUT2D eigenvalue weighted by molar-refractivity contribution is -0.164. The summed E-state index contributed by atoms with van der Waals surface area (Å²) in [5, 5.41) is 17.3. The van der Waals surface area contributed by atoms with E-state index >= 15 is 0 Å². The molecule has 0 aliphatic carbocycles. The Morgan fingerprint density at radius 1 is 1.12 bits per heavy atom. The van der Waals surface area contributed by atoms with Crippen LogP contribution in [0.3, 0.4) is 0 Å². The van der Waals surface area contributed by atoms with Crippen molar-refractivity contribution >= 4 is 36.8 Å². The molecule has 2 unspecified atom stereocenters. The van der Waals surface area contributed by atoms with Crippen molar-refractivity contribution in [2.24, 2.45) is 5.92 Å². The summed E-state index contributed by atoms with van der Waals surface area (Å²) in [6.45, 7) is 3.73. The van der Waals surface area contributed by atoms with Gasteiger partial charge in [-0.2, -0.15) is 0 Å². The van der Waals surface area contributed by atoms with Crippen molar-refractivity contribution in [3.05, 3.63) is 60.2 Å². The van der Waals surface area contributed by atoms with Crippen LogP contribution in [0.15, 0.2) is 48.9 Å². The summed E-state index contributed by atoms with van der Waals surface area (Å²) in [7, 11) is -0.164. The van der Waals surface area contributed by atoms with Gasteiger partial charge in [0.15, 0.2) is 5.60 Å². The molecule has 1 fully saturated rings. The molecule has 1 aliphatic heterocycles. The predicted molar refractivity (Wildman–Crippen MR) is 141 cm³/mol. The van der Waals surface area contributed by atoms with E-state index in [2.05, 4.69) is 25.9 Å². The van der Waals surface area contributed by atoms with Gasteiger partial charge in [0.25, 0.3) is 17.8 Å². The van der Waals surface area contributed by atoms with Crippen LogP contribution in [0.5, 0.6) is 0 Å². The fourth-order valence-electron chi connectivity index (χ4n) is 4.38. The van der Waals surface area contributed by atoms with E-state index in [4.69, 9.17) is 9.31 Å². The van der Waals surface area contributed by atoms with Gasteiger partial charge in [-0.05, 0) is 17.9 Å². The average Bonchev–Trinajstić information content (AvgIpc) is 2.91. The van der Waals surface area contributed by atoms with Crippen LogP contribution in [0.4, 0.5) is 0 Å². The van der Waals surface area contributed by atoms with Gasteiger partial charge in [-0.1, -0.05) is 44.2 Å². The van der Waals surface area contributed by atoms with E-state index in [1.165, 1.54) is 25.6 Å². The molecule has 1 saturated heterocycles. The highest BCUT2D eigenvalue weighted by molar-refractivity contribution is 6.50. The Morgan fingerprint density at radius 3 is 2.45 bits per heavy atom. The van der Waals surface area contributed by atoms with Crippen molar-refractivity contribution in [2.45, 2.75) is 57.1 Å². The van der Waals surface area contributed by atoms with Crippen LogP contribution in [0.2, 0.25) is 0 Å². The van der Waals surface area contributed by atoms with Crippen molar-refractivity contribution in [1.82, 2.24) is 25.9 Å². The zero-order chi connectivity index (χ0) is 29.3. The molecule has 3 rings (SSSR count). The molecule has 13 nitrogen and oxygen atoms in total. The summed E-state index contributed by atoms with van der Waals surface area (Å²) in [6, 6.07) is 7.94. The van der Waals surface area contributed by atoms with E-state index in [0.717, 1.165) is 5.56 Å². The molecular formula is C26H32BN5O8. The molecule has 0 radical (unpaired) electrons. The van der Waals surface area contributed by atoms with Gasteiger partial charge in [0, 0.05) is 25.9 Å². The number of amides is 3. The number of carbonyl (C=O) groups is 5. The van der Waals surface area contributed by atoms with E-state index in [1.807, 2.05) is 19.9 Å². The minimum atomic E-state index is -2.02. The van der Waals surface area contributed by atoms with Gasteiger partial charge in [0.1, 0.15) is 11.7 Å². The number of aliphatic carboxylic acids is 1. The molecule has 4 N–H and O–H groups in total. The third-order valence-corrected chi connectivity index (χ3v) is 6.18. The lowest BCUT2D eigenvalue weighted by Crippen LogP contribution is -2.64. The van der Waals surface area contributed by atoms with Crippen molar-refractivity contribution in [2.75, 3.05) is 7.05 Å². The third-order valence-electron chi connectivity index (χ3n) is 6.18. The first-order chi connectivity index (χ1) is 19.0. The minimum Gasteiger partial charge on any atom is -0.508 e. The van der Waals surface area contributed by atoms with E-state index in [-0.39, 0.29) is 24.5 Å². The Balaban J connectivity index is 1.89. The molecule has 1 aromatic heterocycles. The predicted octanol–water partition coefficient (Wildman–Crippen LogP) is 0.299. The number of nitrogens with zero attached hydrogens (tertiary/aromatic N) is 2. The van der Waals surface area contributed by atoms with Crippen molar-refractivity contribution < 1.29 is 38.4 Å². The summed E-state index contributed by atoms with van der Waals surface area (Å²) in [5.74, 6) is -5.24. The number of carboxylic acids is 1. The lowest BCUT2D eigenvalue weighted by atomic mass is 9.70. The smallest absolute Gasteiger partial charge is 0.508 e. The Morgan fingerprint density at radius 2 is 1.85 bits per heavy atom. The first kappa shape index (κ1) is 30.2. The largest absolute Gasteiger partial charge is 0.552 e. The van der Waals surface area contributed by atoms with Crippen LogP contribution in [0.1, 0.15) is 49.2 Å². The number of hydrogen-bond acceptors (Lipinski definition) is 9. The number of likely N-dealkylation sites (N-methyl/N-ethyl adjacent to an activating group) is 1. The number of carboxylic acid groups (broad SMARTS) is 1. The van der Waals surface area contributed by atoms with E-state index in [9.17, 15) is 29.1 Å². The molecule has 1 aromatic carbocycles. The molecule has 2 aromatic rings. The second-order valence-corrected chi connectivity index (χ2v) is 9.85. The van der Waals surface area contributed by atoms with Gasteiger partial charge in [-0.3, -0.25) is 29.0 Å². The molecule has 3 atom stereocenters. The zero-order valence-electron chi connectivity index (χ0n) is 22.5. The maximum Gasteiger partial charge on any atom is 0.552 e. The molecule has 0 bridgehead atoms. The van der Waals surface area contributed by atoms with Gasteiger partial charge >= 0.3 is 13.1 Å². The molecule has 0 spiro atoms. The summed E-state index contributed by atoms with van der Waals surface area (Å²) < 4.78 is 11.2. The normalized spacial score (nSPS) is 18.3. The summed E-state index contributed by atoms with van der Waals surface area (Å²) >= 11 is 0. The highest BCUT2D eigenvalue weighted by Gasteiger charge is 2.54. The van der Waals surface area contributed by atoms with E-state index in [1.54, 1.807) is 24.3 Å². The quantitative estimate of drug-likeness (QED) is 0.266. The van der Waals surface area contributed by atoms with Crippen LogP contribution in [-0.2, 0) is 34.9 Å². The highest BCUT2D eigenvalue weighted by atomic mass is 16.6. The van der Waals surface area contributed by atoms with E-state index < -0.39 is 67.2 Å². The maximum atomic E-state index is 13.6. The van der Waals surface area contributed by atoms with Crippen LogP contribution < -0.4 is 16.0 Å². The summed E-state index contributed by atoms with van der Waals surface area (Å²) in [5.41, 5.74) is -1.24. The topological polar surface area (TPSA) is 186 Å². The molecular weight excluding hydrogens is 521 g/mol. The molecule has 1 aliphatic rings. The highest BCUT2D eigenvalue weighted by Crippen LogP contribution is 2.30. The number of aromatic nitrogens is 2. The van der Waals surface area contributed by atoms with Gasteiger partial charge in [0.05, 0.1) is 25.0 Å². The van der Waals surface area contributed by atoms with Gasteiger partial charge in [-0.25, -0.2) is 4.98 Å². The van der Waals surface area contributed by atoms with Crippen LogP contribution in [0.25, 0.3) is 0 Å². The molecule has 14 heteroatoms. The fourth-order valence-corrected chi connectivity index (χ4v) is 4.38. The average molecular weight is 553 g/mol. The molecule has 3 amide bonds. The van der Waals surface area contributed by atoms with Gasteiger partial charge in [-0.15, -0.1) is 0 Å². The monoisotopic (exact) mass is 553 g/mol. The minimum absolute atomic E-state index is 0.0145. The fraction of sp³-hybridized carbons (Fsp3) is 0.423. The number of carbonyl (C=O) groups excluding carboxylic acids is 4. The summed E-state index contributed by atoms with van der Waals surface area (Å²) in [4.78, 5) is 71.2. The first-order valence-corrected chi connectivity index (χ1v) is 12.8. The number of hydrogen-bond donors (Lipinski definition) is 4. The Hall–Kier alpha value is -4.33. The second-order valence-electron chi connectivity index (χ2n) is 9.85. The Bertz CT molecular complexity index is 1210. The molecule has 212 valence electrons. The van der Waals surface area contributed by atoms with Crippen molar-refractivity contribution in [3.63, 3.8) is 0 Å². The van der Waals surface area contributed by atoms with Crippen molar-refractivity contribution in [3.8, 4) is 0 Å². The van der Waals surface area contributed by atoms with Crippen molar-refractivity contribution in [1.29, 1.82) is 0 Å². The number of benzene rings is 1. The first-order valence-electron chi connectivity index (χ1n) is 12.8. The Labute approximate surface area is 231 Å². The number of nitrogens with one attached hydrogen (secondary N) is 3. The SMILES string of the molecule is CNC(=O)[C@]1(CC(=O)O)CC(=O)OB(C(CC(C)C)NC(=O)C(Cc2ccccc2)NC(=O)c2cnccn2)O1. The number of rotatable bonds is 12. The third kappa shape index (κ3) is 8.09. The van der Waals surface area contributed by atoms with Crippen LogP contribution >= 0.6 is 0 Å².